The number of hydrogen-bond donors (Lipinski definition) is 1. The summed E-state index contributed by atoms with van der Waals surface area (Å²) in [7, 11) is -3.54. The molecule has 0 radical (unpaired) electrons. The van der Waals surface area contributed by atoms with Crippen molar-refractivity contribution in [2.24, 2.45) is 0 Å². The number of aryl methyl sites for hydroxylation is 1. The number of amides is 1. The molecule has 9 heteroatoms. The molecular formula is C21H21IN4O3S. The Bertz CT molecular complexity index is 1100. The first-order chi connectivity index (χ1) is 14.3. The minimum atomic E-state index is -3.54. The van der Waals surface area contributed by atoms with Crippen LogP contribution in [0.5, 0.6) is 0 Å². The van der Waals surface area contributed by atoms with E-state index in [0.29, 0.717) is 18.8 Å². The molecule has 1 fully saturated rings. The molecule has 1 saturated heterocycles. The molecule has 30 heavy (non-hydrogen) atoms. The average molecular weight is 536 g/mol. The fourth-order valence-electron chi connectivity index (χ4n) is 3.09. The van der Waals surface area contributed by atoms with E-state index in [1.807, 2.05) is 25.1 Å². The van der Waals surface area contributed by atoms with Crippen molar-refractivity contribution in [3.63, 3.8) is 0 Å². The Morgan fingerprint density at radius 1 is 1.13 bits per heavy atom. The van der Waals surface area contributed by atoms with Gasteiger partial charge in [0.15, 0.2) is 0 Å². The van der Waals surface area contributed by atoms with Gasteiger partial charge in [-0.05, 0) is 65.4 Å². The van der Waals surface area contributed by atoms with Crippen molar-refractivity contribution in [3.8, 4) is 6.07 Å². The highest BCUT2D eigenvalue weighted by Crippen LogP contribution is 2.20. The Morgan fingerprint density at radius 2 is 1.80 bits per heavy atom. The van der Waals surface area contributed by atoms with Crippen LogP contribution in [-0.2, 0) is 14.8 Å². The van der Waals surface area contributed by atoms with Crippen LogP contribution in [0, 0.1) is 21.8 Å². The second-order valence-corrected chi connectivity index (χ2v) is 10.0. The maximum atomic E-state index is 12.7. The van der Waals surface area contributed by atoms with E-state index in [1.54, 1.807) is 41.3 Å². The first kappa shape index (κ1) is 22.3. The SMILES string of the molecule is Cc1cc(I)ccc1NC(=O)/C(C#N)=C\N1CCN(S(=O)(=O)c2ccccc2)CC1. The molecule has 1 aliphatic rings. The van der Waals surface area contributed by atoms with Crippen molar-refractivity contribution >= 4 is 44.2 Å². The predicted octanol–water partition coefficient (Wildman–Crippen LogP) is 2.95. The topological polar surface area (TPSA) is 93.5 Å². The van der Waals surface area contributed by atoms with Crippen molar-refractivity contribution in [1.29, 1.82) is 5.26 Å². The molecule has 0 spiro atoms. The van der Waals surface area contributed by atoms with Gasteiger partial charge in [-0.3, -0.25) is 4.79 Å². The highest BCUT2D eigenvalue weighted by Gasteiger charge is 2.28. The lowest BCUT2D eigenvalue weighted by molar-refractivity contribution is -0.112. The standard InChI is InChI=1S/C21H21IN4O3S/c1-16-13-18(22)7-8-20(16)24-21(27)17(14-23)15-25-9-11-26(12-10-25)30(28,29)19-5-3-2-4-6-19/h2-8,13,15H,9-12H2,1H3,(H,24,27)/b17-15-. The normalized spacial score (nSPS) is 15.5. The summed E-state index contributed by atoms with van der Waals surface area (Å²) in [4.78, 5) is 14.6. The Hall–Kier alpha value is -2.42. The van der Waals surface area contributed by atoms with Gasteiger partial charge in [-0.15, -0.1) is 0 Å². The summed E-state index contributed by atoms with van der Waals surface area (Å²) in [5.74, 6) is -0.485. The summed E-state index contributed by atoms with van der Waals surface area (Å²) >= 11 is 2.19. The summed E-state index contributed by atoms with van der Waals surface area (Å²) in [6.07, 6.45) is 1.50. The molecule has 0 unspecified atom stereocenters. The fourth-order valence-corrected chi connectivity index (χ4v) is 5.18. The quantitative estimate of drug-likeness (QED) is 0.361. The van der Waals surface area contributed by atoms with Crippen LogP contribution in [0.15, 0.2) is 65.2 Å². The van der Waals surface area contributed by atoms with Crippen LogP contribution >= 0.6 is 22.6 Å². The lowest BCUT2D eigenvalue weighted by Gasteiger charge is -2.33. The first-order valence-electron chi connectivity index (χ1n) is 9.30. The van der Waals surface area contributed by atoms with Gasteiger partial charge in [0.1, 0.15) is 11.6 Å². The van der Waals surface area contributed by atoms with E-state index in [0.717, 1.165) is 9.13 Å². The predicted molar refractivity (Wildman–Crippen MR) is 123 cm³/mol. The number of halogens is 1. The van der Waals surface area contributed by atoms with Gasteiger partial charge in [-0.2, -0.15) is 9.57 Å². The zero-order chi connectivity index (χ0) is 21.7. The number of piperazine rings is 1. The molecule has 1 heterocycles. The summed E-state index contributed by atoms with van der Waals surface area (Å²) in [5.41, 5.74) is 1.54. The molecule has 2 aromatic rings. The second-order valence-electron chi connectivity index (χ2n) is 6.82. The number of anilines is 1. The van der Waals surface area contributed by atoms with Gasteiger partial charge in [0, 0.05) is 41.6 Å². The second kappa shape index (κ2) is 9.59. The Morgan fingerprint density at radius 3 is 2.40 bits per heavy atom. The van der Waals surface area contributed by atoms with Crippen molar-refractivity contribution in [3.05, 3.63) is 69.4 Å². The minimum absolute atomic E-state index is 0.0210. The number of rotatable bonds is 5. The minimum Gasteiger partial charge on any atom is -0.373 e. The number of hydrogen-bond acceptors (Lipinski definition) is 5. The molecule has 1 aliphatic heterocycles. The van der Waals surface area contributed by atoms with E-state index in [4.69, 9.17) is 0 Å². The van der Waals surface area contributed by atoms with E-state index in [1.165, 1.54) is 10.5 Å². The van der Waals surface area contributed by atoms with Gasteiger partial charge in [-0.1, -0.05) is 18.2 Å². The number of carbonyl (C=O) groups is 1. The number of benzene rings is 2. The molecule has 1 N–H and O–H groups in total. The molecule has 3 rings (SSSR count). The molecule has 1 amide bonds. The highest BCUT2D eigenvalue weighted by atomic mass is 127. The van der Waals surface area contributed by atoms with Gasteiger partial charge in [0.2, 0.25) is 10.0 Å². The van der Waals surface area contributed by atoms with Crippen LogP contribution in [-0.4, -0.2) is 49.7 Å². The van der Waals surface area contributed by atoms with Crippen LogP contribution in [0.3, 0.4) is 0 Å². The number of carbonyl (C=O) groups excluding carboxylic acids is 1. The van der Waals surface area contributed by atoms with Crippen molar-refractivity contribution < 1.29 is 13.2 Å². The van der Waals surface area contributed by atoms with E-state index < -0.39 is 15.9 Å². The van der Waals surface area contributed by atoms with E-state index in [-0.39, 0.29) is 23.6 Å². The summed E-state index contributed by atoms with van der Waals surface area (Å²) in [6.45, 7) is 3.24. The van der Waals surface area contributed by atoms with Gasteiger partial charge in [0.25, 0.3) is 5.91 Å². The Balaban J connectivity index is 1.65. The van der Waals surface area contributed by atoms with Crippen LogP contribution in [0.1, 0.15) is 5.56 Å². The van der Waals surface area contributed by atoms with Gasteiger partial charge in [-0.25, -0.2) is 8.42 Å². The molecule has 2 aromatic carbocycles. The molecular weight excluding hydrogens is 515 g/mol. The zero-order valence-corrected chi connectivity index (χ0v) is 19.4. The van der Waals surface area contributed by atoms with E-state index in [2.05, 4.69) is 27.9 Å². The summed E-state index contributed by atoms with van der Waals surface area (Å²) < 4.78 is 27.9. The van der Waals surface area contributed by atoms with Crippen molar-refractivity contribution in [2.75, 3.05) is 31.5 Å². The Labute approximate surface area is 190 Å². The smallest absolute Gasteiger partial charge is 0.267 e. The Kier molecular flexibility index (Phi) is 7.12. The highest BCUT2D eigenvalue weighted by molar-refractivity contribution is 14.1. The largest absolute Gasteiger partial charge is 0.373 e. The molecule has 7 nitrogen and oxygen atoms in total. The maximum absolute atomic E-state index is 12.7. The van der Waals surface area contributed by atoms with E-state index in [9.17, 15) is 18.5 Å². The third kappa shape index (κ3) is 5.19. The lowest BCUT2D eigenvalue weighted by atomic mass is 10.2. The molecule has 0 saturated carbocycles. The monoisotopic (exact) mass is 536 g/mol. The van der Waals surface area contributed by atoms with Crippen LogP contribution < -0.4 is 5.32 Å². The molecule has 0 bridgehead atoms. The number of nitriles is 1. The lowest BCUT2D eigenvalue weighted by Crippen LogP contribution is -2.46. The summed E-state index contributed by atoms with van der Waals surface area (Å²) in [5, 5.41) is 12.2. The number of nitrogens with zero attached hydrogens (tertiary/aromatic N) is 3. The van der Waals surface area contributed by atoms with Crippen LogP contribution in [0.25, 0.3) is 0 Å². The molecule has 0 aliphatic carbocycles. The summed E-state index contributed by atoms with van der Waals surface area (Å²) in [6, 6.07) is 15.9. The molecule has 0 aromatic heterocycles. The third-order valence-electron chi connectivity index (χ3n) is 4.77. The van der Waals surface area contributed by atoms with Crippen molar-refractivity contribution in [2.45, 2.75) is 11.8 Å². The van der Waals surface area contributed by atoms with Gasteiger partial charge >= 0.3 is 0 Å². The number of nitrogens with one attached hydrogen (secondary N) is 1. The van der Waals surface area contributed by atoms with Gasteiger partial charge < -0.3 is 10.2 Å². The van der Waals surface area contributed by atoms with Gasteiger partial charge in [0.05, 0.1) is 4.90 Å². The molecule has 156 valence electrons. The third-order valence-corrected chi connectivity index (χ3v) is 7.35. The van der Waals surface area contributed by atoms with Crippen molar-refractivity contribution in [1.82, 2.24) is 9.21 Å². The average Bonchev–Trinajstić information content (AvgIpc) is 2.75. The van der Waals surface area contributed by atoms with Crippen LogP contribution in [0.2, 0.25) is 0 Å². The number of sulfonamides is 1. The zero-order valence-electron chi connectivity index (χ0n) is 16.4. The van der Waals surface area contributed by atoms with Crippen LogP contribution in [0.4, 0.5) is 5.69 Å². The fraction of sp³-hybridized carbons (Fsp3) is 0.238. The van der Waals surface area contributed by atoms with E-state index >= 15 is 0 Å². The first-order valence-corrected chi connectivity index (χ1v) is 11.8. The molecule has 0 atom stereocenters. The maximum Gasteiger partial charge on any atom is 0.267 e.